The molecule has 166 valence electrons. The molecule has 3 rings (SSSR count). The van der Waals surface area contributed by atoms with Gasteiger partial charge in [0.15, 0.2) is 0 Å². The van der Waals surface area contributed by atoms with Gasteiger partial charge >= 0.3 is 0 Å². The molecule has 1 aliphatic heterocycles. The summed E-state index contributed by atoms with van der Waals surface area (Å²) in [6, 6.07) is 16.9. The molecule has 1 aliphatic rings. The molecule has 0 saturated carbocycles. The summed E-state index contributed by atoms with van der Waals surface area (Å²) >= 11 is 0. The molecule has 1 fully saturated rings. The van der Waals surface area contributed by atoms with Crippen LogP contribution in [0, 0.1) is 5.92 Å². The van der Waals surface area contributed by atoms with E-state index in [1.807, 2.05) is 30.3 Å². The minimum atomic E-state index is -0.310. The third-order valence-electron chi connectivity index (χ3n) is 5.97. The summed E-state index contributed by atoms with van der Waals surface area (Å²) in [6.45, 7) is 6.64. The average Bonchev–Trinajstić information content (AvgIpc) is 2.82. The molecule has 0 aromatic heterocycles. The van der Waals surface area contributed by atoms with Gasteiger partial charge in [0, 0.05) is 24.1 Å². The molecule has 2 aromatic carbocycles. The van der Waals surface area contributed by atoms with E-state index in [9.17, 15) is 9.59 Å². The van der Waals surface area contributed by atoms with Gasteiger partial charge in [-0.15, -0.1) is 0 Å². The Bertz CT molecular complexity index is 844. The second-order valence-corrected chi connectivity index (χ2v) is 8.31. The lowest BCUT2D eigenvalue weighted by atomic mass is 9.95. The van der Waals surface area contributed by atoms with E-state index >= 15 is 0 Å². The van der Waals surface area contributed by atoms with Gasteiger partial charge in [0.25, 0.3) is 5.91 Å². The number of nitrogens with zero attached hydrogens (tertiary/aromatic N) is 1. The normalized spacial score (nSPS) is 16.0. The Morgan fingerprint density at radius 1 is 1.03 bits per heavy atom. The van der Waals surface area contributed by atoms with Crippen LogP contribution in [0.5, 0.6) is 5.75 Å². The van der Waals surface area contributed by atoms with Crippen molar-refractivity contribution in [3.63, 3.8) is 0 Å². The van der Waals surface area contributed by atoms with Crippen LogP contribution in [0.15, 0.2) is 54.6 Å². The van der Waals surface area contributed by atoms with E-state index < -0.39 is 0 Å². The first-order valence-electron chi connectivity index (χ1n) is 11.0. The Hall–Kier alpha value is -2.86. The van der Waals surface area contributed by atoms with Crippen LogP contribution < -0.4 is 15.4 Å². The quantitative estimate of drug-likeness (QED) is 0.683. The monoisotopic (exact) mass is 423 g/mol. The Balaban J connectivity index is 1.61. The Kier molecular flexibility index (Phi) is 8.06. The van der Waals surface area contributed by atoms with Crippen molar-refractivity contribution >= 4 is 11.8 Å². The lowest BCUT2D eigenvalue weighted by molar-refractivity contribution is -0.126. The van der Waals surface area contributed by atoms with E-state index in [1.54, 1.807) is 31.4 Å². The molecule has 1 saturated heterocycles. The molecule has 0 bridgehead atoms. The van der Waals surface area contributed by atoms with Crippen molar-refractivity contribution in [2.24, 2.45) is 5.92 Å². The summed E-state index contributed by atoms with van der Waals surface area (Å²) in [4.78, 5) is 28.0. The van der Waals surface area contributed by atoms with Crippen LogP contribution in [0.2, 0.25) is 0 Å². The topological polar surface area (TPSA) is 70.7 Å². The number of piperidine rings is 1. The number of benzene rings is 2. The SMILES string of the molecule is COc1ccc(C(=O)N[C@@H](CNC(=O)C2CCN(C(C)C)CC2)c2ccccc2)cc1. The van der Waals surface area contributed by atoms with E-state index in [1.165, 1.54) is 0 Å². The van der Waals surface area contributed by atoms with Crippen LogP contribution in [0.4, 0.5) is 0 Å². The van der Waals surface area contributed by atoms with Crippen molar-refractivity contribution < 1.29 is 14.3 Å². The Morgan fingerprint density at radius 3 is 2.26 bits per heavy atom. The number of hydrogen-bond donors (Lipinski definition) is 2. The molecule has 1 atom stereocenters. The van der Waals surface area contributed by atoms with Gasteiger partial charge in [0.05, 0.1) is 13.2 Å². The highest BCUT2D eigenvalue weighted by Crippen LogP contribution is 2.20. The average molecular weight is 424 g/mol. The third kappa shape index (κ3) is 6.31. The van der Waals surface area contributed by atoms with E-state index in [-0.39, 0.29) is 23.8 Å². The van der Waals surface area contributed by atoms with Gasteiger partial charge in [-0.25, -0.2) is 0 Å². The van der Waals surface area contributed by atoms with E-state index in [0.717, 1.165) is 31.5 Å². The molecule has 31 heavy (non-hydrogen) atoms. The smallest absolute Gasteiger partial charge is 0.251 e. The summed E-state index contributed by atoms with van der Waals surface area (Å²) in [6.07, 6.45) is 1.75. The molecule has 2 aromatic rings. The van der Waals surface area contributed by atoms with Gasteiger partial charge in [-0.05, 0) is 69.6 Å². The molecular weight excluding hydrogens is 390 g/mol. The predicted octanol–water partition coefficient (Wildman–Crippen LogP) is 3.40. The number of nitrogens with one attached hydrogen (secondary N) is 2. The number of methoxy groups -OCH3 is 1. The van der Waals surface area contributed by atoms with Crippen molar-refractivity contribution in [3.8, 4) is 5.75 Å². The van der Waals surface area contributed by atoms with Gasteiger partial charge in [-0.1, -0.05) is 30.3 Å². The number of rotatable bonds is 8. The van der Waals surface area contributed by atoms with Crippen LogP contribution in [-0.4, -0.2) is 49.5 Å². The van der Waals surface area contributed by atoms with Crippen LogP contribution in [0.25, 0.3) is 0 Å². The van der Waals surface area contributed by atoms with Crippen LogP contribution in [-0.2, 0) is 4.79 Å². The number of ether oxygens (including phenoxy) is 1. The largest absolute Gasteiger partial charge is 0.497 e. The molecule has 2 amide bonds. The summed E-state index contributed by atoms with van der Waals surface area (Å²) in [5.41, 5.74) is 1.51. The van der Waals surface area contributed by atoms with Gasteiger partial charge in [0.1, 0.15) is 5.75 Å². The van der Waals surface area contributed by atoms with E-state index in [2.05, 4.69) is 29.4 Å². The maximum absolute atomic E-state index is 12.8. The fourth-order valence-corrected chi connectivity index (χ4v) is 3.95. The highest BCUT2D eigenvalue weighted by atomic mass is 16.5. The number of carbonyl (C=O) groups is 2. The van der Waals surface area contributed by atoms with Crippen molar-refractivity contribution in [2.75, 3.05) is 26.7 Å². The summed E-state index contributed by atoms with van der Waals surface area (Å²) in [5, 5.41) is 6.14. The van der Waals surface area contributed by atoms with Crippen LogP contribution in [0.1, 0.15) is 48.7 Å². The third-order valence-corrected chi connectivity index (χ3v) is 5.97. The number of hydrogen-bond acceptors (Lipinski definition) is 4. The molecule has 0 unspecified atom stereocenters. The predicted molar refractivity (Wildman–Crippen MR) is 122 cm³/mol. The molecule has 6 nitrogen and oxygen atoms in total. The lowest BCUT2D eigenvalue weighted by Gasteiger charge is -2.34. The standard InChI is InChI=1S/C25H33N3O3/c1-18(2)28-15-13-21(14-16-28)24(29)26-17-23(19-7-5-4-6-8-19)27-25(30)20-9-11-22(31-3)12-10-20/h4-12,18,21,23H,13-17H2,1-3H3,(H,26,29)(H,27,30)/t23-/m0/s1. The first-order chi connectivity index (χ1) is 15.0. The maximum Gasteiger partial charge on any atom is 0.251 e. The summed E-state index contributed by atoms with van der Waals surface area (Å²) in [5.74, 6) is 0.620. The van der Waals surface area contributed by atoms with Gasteiger partial charge in [-0.3, -0.25) is 9.59 Å². The fraction of sp³-hybridized carbons (Fsp3) is 0.440. The zero-order chi connectivity index (χ0) is 22.2. The molecular formula is C25H33N3O3. The second-order valence-electron chi connectivity index (χ2n) is 8.31. The Morgan fingerprint density at radius 2 is 1.68 bits per heavy atom. The van der Waals surface area contributed by atoms with Crippen molar-refractivity contribution in [3.05, 3.63) is 65.7 Å². The first kappa shape index (κ1) is 22.8. The highest BCUT2D eigenvalue weighted by Gasteiger charge is 2.26. The van der Waals surface area contributed by atoms with Gasteiger partial charge in [0.2, 0.25) is 5.91 Å². The second kappa shape index (κ2) is 11.0. The van der Waals surface area contributed by atoms with Gasteiger partial charge < -0.3 is 20.3 Å². The minimum Gasteiger partial charge on any atom is -0.497 e. The zero-order valence-electron chi connectivity index (χ0n) is 18.6. The maximum atomic E-state index is 12.8. The van der Waals surface area contributed by atoms with Crippen molar-refractivity contribution in [1.82, 2.24) is 15.5 Å². The number of amides is 2. The van der Waals surface area contributed by atoms with Crippen molar-refractivity contribution in [2.45, 2.75) is 38.8 Å². The molecule has 0 aliphatic carbocycles. The van der Waals surface area contributed by atoms with Crippen LogP contribution in [0.3, 0.4) is 0 Å². The molecule has 6 heteroatoms. The molecule has 0 spiro atoms. The number of carbonyl (C=O) groups excluding carboxylic acids is 2. The molecule has 2 N–H and O–H groups in total. The Labute approximate surface area is 185 Å². The molecule has 1 heterocycles. The minimum absolute atomic E-state index is 0.0312. The summed E-state index contributed by atoms with van der Waals surface area (Å²) < 4.78 is 5.16. The van der Waals surface area contributed by atoms with Crippen LogP contribution >= 0.6 is 0 Å². The van der Waals surface area contributed by atoms with Crippen molar-refractivity contribution in [1.29, 1.82) is 0 Å². The highest BCUT2D eigenvalue weighted by molar-refractivity contribution is 5.94. The summed E-state index contributed by atoms with van der Waals surface area (Å²) in [7, 11) is 1.59. The van der Waals surface area contributed by atoms with E-state index in [4.69, 9.17) is 4.74 Å². The number of likely N-dealkylation sites (tertiary alicyclic amines) is 1. The lowest BCUT2D eigenvalue weighted by Crippen LogP contribution is -2.45. The first-order valence-corrected chi connectivity index (χ1v) is 11.0. The fourth-order valence-electron chi connectivity index (χ4n) is 3.95. The van der Waals surface area contributed by atoms with E-state index in [0.29, 0.717) is 23.9 Å². The van der Waals surface area contributed by atoms with Gasteiger partial charge in [-0.2, -0.15) is 0 Å². The zero-order valence-corrected chi connectivity index (χ0v) is 18.6. The molecule has 0 radical (unpaired) electrons.